The second-order valence-corrected chi connectivity index (χ2v) is 4.44. The number of carbonyl (C=O) groups excluding carboxylic acids is 1. The average Bonchev–Trinajstić information content (AvgIpc) is 2.22. The highest BCUT2D eigenvalue weighted by atomic mass is 79.9. The Hall–Kier alpha value is -1.09. The molecule has 0 amide bonds. The molecule has 0 atom stereocenters. The third kappa shape index (κ3) is 2.12. The van der Waals surface area contributed by atoms with E-state index in [1.807, 2.05) is 18.2 Å². The molecule has 0 saturated heterocycles. The molecule has 78 valence electrons. The number of halogens is 1. The van der Waals surface area contributed by atoms with Crippen LogP contribution in [0.4, 0.5) is 0 Å². The summed E-state index contributed by atoms with van der Waals surface area (Å²) >= 11 is 3.46. The Morgan fingerprint density at radius 1 is 1.33 bits per heavy atom. The van der Waals surface area contributed by atoms with E-state index in [-0.39, 0.29) is 5.97 Å². The highest BCUT2D eigenvalue weighted by Crippen LogP contribution is 2.34. The van der Waals surface area contributed by atoms with Crippen LogP contribution in [0.1, 0.15) is 24.5 Å². The minimum atomic E-state index is -0.279. The van der Waals surface area contributed by atoms with Gasteiger partial charge in [-0.05, 0) is 18.4 Å². The monoisotopic (exact) mass is 266 g/mol. The molecule has 0 heterocycles. The molecule has 15 heavy (non-hydrogen) atoms. The molecular weight excluding hydrogens is 256 g/mol. The van der Waals surface area contributed by atoms with Crippen LogP contribution in [-0.4, -0.2) is 5.97 Å². The number of esters is 1. The van der Waals surface area contributed by atoms with Gasteiger partial charge in [-0.1, -0.05) is 40.2 Å². The molecule has 0 N–H and O–H groups in total. The Kier molecular flexibility index (Phi) is 2.91. The van der Waals surface area contributed by atoms with E-state index in [4.69, 9.17) is 4.74 Å². The lowest BCUT2D eigenvalue weighted by Crippen LogP contribution is -2.07. The predicted octanol–water partition coefficient (Wildman–Crippen LogP) is 3.26. The summed E-state index contributed by atoms with van der Waals surface area (Å²) in [5.74, 6) is 0.392. The SMILES string of the molecule is CC(=O)OC1=C(Br)CCc2ccccc21. The molecule has 0 saturated carbocycles. The number of benzene rings is 1. The van der Waals surface area contributed by atoms with Crippen LogP contribution in [0, 0.1) is 0 Å². The summed E-state index contributed by atoms with van der Waals surface area (Å²) in [7, 11) is 0. The summed E-state index contributed by atoms with van der Waals surface area (Å²) in [5.41, 5.74) is 2.25. The van der Waals surface area contributed by atoms with Crippen molar-refractivity contribution < 1.29 is 9.53 Å². The summed E-state index contributed by atoms with van der Waals surface area (Å²) in [6.07, 6.45) is 1.88. The molecule has 1 aliphatic rings. The lowest BCUT2D eigenvalue weighted by atomic mass is 9.96. The fraction of sp³-hybridized carbons (Fsp3) is 0.250. The van der Waals surface area contributed by atoms with Gasteiger partial charge >= 0.3 is 5.97 Å². The second kappa shape index (κ2) is 4.19. The van der Waals surface area contributed by atoms with Gasteiger partial charge in [0.1, 0.15) is 5.76 Å². The molecule has 1 aromatic rings. The van der Waals surface area contributed by atoms with Gasteiger partial charge in [0.2, 0.25) is 0 Å². The minimum Gasteiger partial charge on any atom is -0.425 e. The molecule has 0 bridgehead atoms. The number of rotatable bonds is 1. The fourth-order valence-corrected chi connectivity index (χ4v) is 2.21. The maximum absolute atomic E-state index is 11.0. The van der Waals surface area contributed by atoms with Gasteiger partial charge in [-0.25, -0.2) is 0 Å². The van der Waals surface area contributed by atoms with Gasteiger partial charge in [-0.2, -0.15) is 0 Å². The van der Waals surface area contributed by atoms with Crippen LogP contribution in [0.2, 0.25) is 0 Å². The molecule has 0 radical (unpaired) electrons. The first-order valence-corrected chi connectivity index (χ1v) is 5.63. The molecule has 0 aliphatic heterocycles. The Balaban J connectivity index is 2.45. The number of carbonyl (C=O) groups is 1. The summed E-state index contributed by atoms with van der Waals surface area (Å²) in [6.45, 7) is 1.42. The smallest absolute Gasteiger partial charge is 0.308 e. The maximum atomic E-state index is 11.0. The molecular formula is C12H11BrO2. The van der Waals surface area contributed by atoms with E-state index in [9.17, 15) is 4.79 Å². The molecule has 3 heteroatoms. The largest absolute Gasteiger partial charge is 0.425 e. The van der Waals surface area contributed by atoms with Crippen LogP contribution >= 0.6 is 15.9 Å². The van der Waals surface area contributed by atoms with Crippen LogP contribution in [-0.2, 0) is 16.0 Å². The van der Waals surface area contributed by atoms with Crippen molar-refractivity contribution in [3.63, 3.8) is 0 Å². The van der Waals surface area contributed by atoms with Crippen molar-refractivity contribution in [2.75, 3.05) is 0 Å². The zero-order valence-electron chi connectivity index (χ0n) is 8.42. The van der Waals surface area contributed by atoms with Crippen molar-refractivity contribution in [1.29, 1.82) is 0 Å². The van der Waals surface area contributed by atoms with E-state index in [1.165, 1.54) is 12.5 Å². The Morgan fingerprint density at radius 3 is 2.80 bits per heavy atom. The average molecular weight is 267 g/mol. The van der Waals surface area contributed by atoms with Gasteiger partial charge in [-0.15, -0.1) is 0 Å². The van der Waals surface area contributed by atoms with E-state index in [1.54, 1.807) is 0 Å². The van der Waals surface area contributed by atoms with Gasteiger partial charge in [0.15, 0.2) is 0 Å². The number of fused-ring (bicyclic) bond motifs is 1. The van der Waals surface area contributed by atoms with Gasteiger partial charge in [0.05, 0.1) is 0 Å². The second-order valence-electron chi connectivity index (χ2n) is 3.48. The predicted molar refractivity (Wildman–Crippen MR) is 62.4 cm³/mol. The zero-order chi connectivity index (χ0) is 10.8. The van der Waals surface area contributed by atoms with E-state index in [2.05, 4.69) is 22.0 Å². The van der Waals surface area contributed by atoms with Crippen molar-refractivity contribution in [3.8, 4) is 0 Å². The number of aryl methyl sites for hydroxylation is 1. The fourth-order valence-electron chi connectivity index (χ4n) is 1.72. The van der Waals surface area contributed by atoms with Crippen molar-refractivity contribution in [2.24, 2.45) is 0 Å². The number of hydrogen-bond donors (Lipinski definition) is 0. The highest BCUT2D eigenvalue weighted by Gasteiger charge is 2.19. The van der Waals surface area contributed by atoms with Crippen LogP contribution < -0.4 is 0 Å². The van der Waals surface area contributed by atoms with E-state index in [0.717, 1.165) is 22.9 Å². The Labute approximate surface area is 97.1 Å². The zero-order valence-corrected chi connectivity index (χ0v) is 10.0. The van der Waals surface area contributed by atoms with Gasteiger partial charge in [0, 0.05) is 17.0 Å². The Morgan fingerprint density at radius 2 is 2.07 bits per heavy atom. The van der Waals surface area contributed by atoms with Crippen molar-refractivity contribution in [3.05, 3.63) is 39.9 Å². The van der Waals surface area contributed by atoms with Crippen LogP contribution in [0.25, 0.3) is 5.76 Å². The van der Waals surface area contributed by atoms with Gasteiger partial charge in [0.25, 0.3) is 0 Å². The third-order valence-corrected chi connectivity index (χ3v) is 3.12. The summed E-state index contributed by atoms with van der Waals surface area (Å²) < 4.78 is 6.19. The van der Waals surface area contributed by atoms with Gasteiger partial charge in [-0.3, -0.25) is 4.79 Å². The highest BCUT2D eigenvalue weighted by molar-refractivity contribution is 9.11. The lowest BCUT2D eigenvalue weighted by molar-refractivity contribution is -0.134. The molecule has 1 aromatic carbocycles. The number of hydrogen-bond acceptors (Lipinski definition) is 2. The molecule has 0 aromatic heterocycles. The summed E-state index contributed by atoms with van der Waals surface area (Å²) in [6, 6.07) is 8.00. The van der Waals surface area contributed by atoms with Crippen molar-refractivity contribution >= 4 is 27.7 Å². The third-order valence-electron chi connectivity index (χ3n) is 2.37. The molecule has 1 aliphatic carbocycles. The van der Waals surface area contributed by atoms with Crippen molar-refractivity contribution in [2.45, 2.75) is 19.8 Å². The van der Waals surface area contributed by atoms with E-state index < -0.39 is 0 Å². The number of allylic oxidation sites excluding steroid dienone is 1. The number of ether oxygens (including phenoxy) is 1. The van der Waals surface area contributed by atoms with Crippen LogP contribution in [0.15, 0.2) is 28.7 Å². The maximum Gasteiger partial charge on any atom is 0.308 e. The topological polar surface area (TPSA) is 26.3 Å². The first-order chi connectivity index (χ1) is 7.18. The van der Waals surface area contributed by atoms with Crippen LogP contribution in [0.3, 0.4) is 0 Å². The van der Waals surface area contributed by atoms with Crippen molar-refractivity contribution in [1.82, 2.24) is 0 Å². The van der Waals surface area contributed by atoms with Crippen LogP contribution in [0.5, 0.6) is 0 Å². The van der Waals surface area contributed by atoms with Gasteiger partial charge < -0.3 is 4.74 Å². The molecule has 2 rings (SSSR count). The summed E-state index contributed by atoms with van der Waals surface area (Å²) in [5, 5.41) is 0. The van der Waals surface area contributed by atoms with E-state index >= 15 is 0 Å². The quantitative estimate of drug-likeness (QED) is 0.730. The minimum absolute atomic E-state index is 0.279. The molecule has 0 spiro atoms. The Bertz CT molecular complexity index is 435. The summed E-state index contributed by atoms with van der Waals surface area (Å²) in [4.78, 5) is 11.0. The lowest BCUT2D eigenvalue weighted by Gasteiger charge is -2.19. The first kappa shape index (κ1) is 10.4. The molecule has 0 fully saturated rings. The molecule has 2 nitrogen and oxygen atoms in total. The molecule has 0 unspecified atom stereocenters. The first-order valence-electron chi connectivity index (χ1n) is 4.84. The normalized spacial score (nSPS) is 14.8. The van der Waals surface area contributed by atoms with E-state index in [0.29, 0.717) is 5.76 Å². The standard InChI is InChI=1S/C12H11BrO2/c1-8(14)15-12-10-5-3-2-4-9(10)6-7-11(12)13/h2-5H,6-7H2,1H3.